The maximum absolute atomic E-state index is 7.48. The van der Waals surface area contributed by atoms with E-state index in [9.17, 15) is 0 Å². The Morgan fingerprint density at radius 1 is 1.00 bits per heavy atom. The van der Waals surface area contributed by atoms with Crippen LogP contribution in [0.4, 0.5) is 0 Å². The van der Waals surface area contributed by atoms with E-state index in [2.05, 4.69) is 35.3 Å². The second-order valence-corrected chi connectivity index (χ2v) is 6.46. The van der Waals surface area contributed by atoms with Gasteiger partial charge in [-0.2, -0.15) is 0 Å². The first-order valence-corrected chi connectivity index (χ1v) is 9.62. The summed E-state index contributed by atoms with van der Waals surface area (Å²) in [7, 11) is 0. The van der Waals surface area contributed by atoms with Gasteiger partial charge in [0.15, 0.2) is 0 Å². The molecule has 1 fully saturated rings. The van der Waals surface area contributed by atoms with Gasteiger partial charge in [-0.05, 0) is 56.7 Å². The molecule has 2 heteroatoms. The lowest BCUT2D eigenvalue weighted by Crippen LogP contribution is -2.03. The summed E-state index contributed by atoms with van der Waals surface area (Å²) in [5, 5.41) is 7.48. The first kappa shape index (κ1) is 21.1. The van der Waals surface area contributed by atoms with Gasteiger partial charge in [0.2, 0.25) is 0 Å². The number of rotatable bonds is 2. The summed E-state index contributed by atoms with van der Waals surface area (Å²) in [5.41, 5.74) is 5.19. The fourth-order valence-electron chi connectivity index (χ4n) is 3.42. The van der Waals surface area contributed by atoms with Gasteiger partial charge >= 0.3 is 0 Å². The zero-order chi connectivity index (χ0) is 18.7. The lowest BCUT2D eigenvalue weighted by atomic mass is 9.84. The minimum absolute atomic E-state index is 0. The van der Waals surface area contributed by atoms with Crippen LogP contribution in [0, 0.1) is 19.3 Å². The molecule has 0 radical (unpaired) electrons. The normalized spacial score (nSPS) is 13.8. The van der Waals surface area contributed by atoms with Crippen LogP contribution in [0.1, 0.15) is 82.6 Å². The van der Waals surface area contributed by atoms with Crippen LogP contribution in [0.3, 0.4) is 0 Å². The summed E-state index contributed by atoms with van der Waals surface area (Å²) >= 11 is 0. The van der Waals surface area contributed by atoms with Crippen molar-refractivity contribution in [3.8, 4) is 0 Å². The van der Waals surface area contributed by atoms with Crippen molar-refractivity contribution in [3.05, 3.63) is 65.0 Å². The smallest absolute Gasteiger partial charge is 0.0465 e. The Kier molecular flexibility index (Phi) is 9.76. The highest BCUT2D eigenvalue weighted by Crippen LogP contribution is 2.32. The Bertz CT molecular complexity index is 612. The fourth-order valence-corrected chi connectivity index (χ4v) is 3.42. The molecule has 1 saturated carbocycles. The number of hydrogen-bond acceptors (Lipinski definition) is 2. The number of nitrogens with zero attached hydrogens (tertiary/aromatic N) is 1. The second-order valence-electron chi connectivity index (χ2n) is 6.46. The van der Waals surface area contributed by atoms with E-state index in [1.54, 1.807) is 18.7 Å². The van der Waals surface area contributed by atoms with Crippen molar-refractivity contribution >= 4 is 5.71 Å². The van der Waals surface area contributed by atoms with Crippen LogP contribution in [0.2, 0.25) is 0 Å². The summed E-state index contributed by atoms with van der Waals surface area (Å²) in [4.78, 5) is 4.12. The third-order valence-corrected chi connectivity index (χ3v) is 4.60. The quantitative estimate of drug-likeness (QED) is 0.582. The van der Waals surface area contributed by atoms with Gasteiger partial charge in [0.1, 0.15) is 0 Å². The number of pyridine rings is 1. The standard InChI is InChI=1S/C12H16.C9H12N2.C2H6.H2/c1-3-7-11(8-4-1)12-9-5-2-6-10-12;1-6-4-5-11-8(3)9(6)7(2)10;1-2;/h1,3-4,7-8,12H,2,5-6,9-10H2;4-5,10H,1-3H3;1-2H3;1H. The van der Waals surface area contributed by atoms with Crippen LogP contribution < -0.4 is 0 Å². The summed E-state index contributed by atoms with van der Waals surface area (Å²) in [5.74, 6) is 0.861. The predicted molar refractivity (Wildman–Crippen MR) is 112 cm³/mol. The largest absolute Gasteiger partial charge is 0.305 e. The van der Waals surface area contributed by atoms with E-state index in [0.717, 1.165) is 22.7 Å². The highest BCUT2D eigenvalue weighted by molar-refractivity contribution is 5.98. The molecule has 1 aliphatic carbocycles. The van der Waals surface area contributed by atoms with Gasteiger partial charge < -0.3 is 5.41 Å². The number of aromatic nitrogens is 1. The van der Waals surface area contributed by atoms with Crippen molar-refractivity contribution in [3.63, 3.8) is 0 Å². The molecule has 0 bridgehead atoms. The number of hydrogen-bond donors (Lipinski definition) is 1. The van der Waals surface area contributed by atoms with Crippen molar-refractivity contribution in [2.45, 2.75) is 72.6 Å². The molecule has 0 amide bonds. The Morgan fingerprint density at radius 3 is 2.08 bits per heavy atom. The molecule has 0 atom stereocenters. The molecule has 2 nitrogen and oxygen atoms in total. The molecule has 138 valence electrons. The molecule has 3 rings (SSSR count). The SMILES string of the molecule is CC.CC(=N)c1c(C)ccnc1C.[HH].c1ccc(C2CCCCC2)cc1. The summed E-state index contributed by atoms with van der Waals surface area (Å²) in [6.07, 6.45) is 8.90. The van der Waals surface area contributed by atoms with Crippen molar-refractivity contribution in [1.29, 1.82) is 5.41 Å². The first-order valence-electron chi connectivity index (χ1n) is 9.62. The Balaban J connectivity index is 0.000000426. The van der Waals surface area contributed by atoms with E-state index in [1.807, 2.05) is 33.8 Å². The molecule has 1 aliphatic rings. The van der Waals surface area contributed by atoms with Crippen molar-refractivity contribution in [2.75, 3.05) is 0 Å². The average Bonchev–Trinajstić information content (AvgIpc) is 2.65. The maximum Gasteiger partial charge on any atom is 0.0465 e. The van der Waals surface area contributed by atoms with Gasteiger partial charge in [-0.3, -0.25) is 4.98 Å². The molecule has 1 heterocycles. The first-order chi connectivity index (χ1) is 12.1. The van der Waals surface area contributed by atoms with E-state index >= 15 is 0 Å². The molecular weight excluding hydrogens is 304 g/mol. The number of nitrogens with one attached hydrogen (secondary N) is 1. The van der Waals surface area contributed by atoms with Crippen molar-refractivity contribution in [1.82, 2.24) is 4.98 Å². The molecule has 1 aromatic carbocycles. The molecule has 0 spiro atoms. The topological polar surface area (TPSA) is 36.7 Å². The monoisotopic (exact) mass is 340 g/mol. The van der Waals surface area contributed by atoms with E-state index in [4.69, 9.17) is 5.41 Å². The summed E-state index contributed by atoms with van der Waals surface area (Å²) < 4.78 is 0. The Labute approximate surface area is 155 Å². The zero-order valence-corrected chi connectivity index (χ0v) is 16.6. The van der Waals surface area contributed by atoms with Crippen molar-refractivity contribution in [2.24, 2.45) is 0 Å². The molecule has 2 aromatic rings. The van der Waals surface area contributed by atoms with Crippen LogP contribution in [0.5, 0.6) is 0 Å². The number of benzene rings is 1. The van der Waals surface area contributed by atoms with E-state index < -0.39 is 0 Å². The van der Waals surface area contributed by atoms with E-state index in [-0.39, 0.29) is 1.43 Å². The molecule has 0 aliphatic heterocycles. The van der Waals surface area contributed by atoms with Gasteiger partial charge in [-0.1, -0.05) is 63.4 Å². The minimum Gasteiger partial charge on any atom is -0.305 e. The van der Waals surface area contributed by atoms with Gasteiger partial charge in [-0.15, -0.1) is 0 Å². The highest BCUT2D eigenvalue weighted by atomic mass is 14.7. The van der Waals surface area contributed by atoms with Gasteiger partial charge in [0.25, 0.3) is 0 Å². The predicted octanol–water partition coefficient (Wildman–Crippen LogP) is 7.09. The summed E-state index contributed by atoms with van der Waals surface area (Å²) in [6.45, 7) is 9.72. The molecule has 1 aromatic heterocycles. The van der Waals surface area contributed by atoms with Crippen molar-refractivity contribution < 1.29 is 1.43 Å². The molecular formula is C23H36N2. The lowest BCUT2D eigenvalue weighted by molar-refractivity contribution is 0.443. The third-order valence-electron chi connectivity index (χ3n) is 4.60. The molecule has 0 unspecified atom stereocenters. The number of aryl methyl sites for hydroxylation is 2. The molecule has 1 N–H and O–H groups in total. The fraction of sp³-hybridized carbons (Fsp3) is 0.478. The average molecular weight is 341 g/mol. The van der Waals surface area contributed by atoms with Gasteiger partial charge in [0.05, 0.1) is 0 Å². The zero-order valence-electron chi connectivity index (χ0n) is 16.6. The van der Waals surface area contributed by atoms with Crippen LogP contribution >= 0.6 is 0 Å². The summed E-state index contributed by atoms with van der Waals surface area (Å²) in [6, 6.07) is 12.9. The van der Waals surface area contributed by atoms with Crippen LogP contribution in [0.25, 0.3) is 0 Å². The molecule has 0 saturated heterocycles. The maximum atomic E-state index is 7.48. The van der Waals surface area contributed by atoms with Crippen LogP contribution in [-0.4, -0.2) is 10.7 Å². The lowest BCUT2D eigenvalue weighted by Gasteiger charge is -2.21. The van der Waals surface area contributed by atoms with E-state index in [0.29, 0.717) is 5.71 Å². The Morgan fingerprint density at radius 2 is 1.60 bits per heavy atom. The van der Waals surface area contributed by atoms with Gasteiger partial charge in [0, 0.05) is 24.6 Å². The second kappa shape index (κ2) is 11.6. The van der Waals surface area contributed by atoms with E-state index in [1.165, 1.54) is 32.1 Å². The molecule has 25 heavy (non-hydrogen) atoms. The van der Waals surface area contributed by atoms with Crippen LogP contribution in [0.15, 0.2) is 42.6 Å². The minimum atomic E-state index is 0. The third kappa shape index (κ3) is 6.81. The highest BCUT2D eigenvalue weighted by Gasteiger charge is 2.14. The van der Waals surface area contributed by atoms with Gasteiger partial charge in [-0.25, -0.2) is 0 Å². The van der Waals surface area contributed by atoms with Crippen LogP contribution in [-0.2, 0) is 0 Å². The Hall–Kier alpha value is -1.96.